The summed E-state index contributed by atoms with van der Waals surface area (Å²) in [7, 11) is 0. The first-order valence-electron chi connectivity index (χ1n) is 8.71. The van der Waals surface area contributed by atoms with Crippen LogP contribution in [-0.4, -0.2) is 59.2 Å². The highest BCUT2D eigenvalue weighted by Crippen LogP contribution is 2.09. The molecular weight excluding hydrogens is 300 g/mol. The van der Waals surface area contributed by atoms with Gasteiger partial charge in [-0.05, 0) is 36.7 Å². The van der Waals surface area contributed by atoms with E-state index in [0.717, 1.165) is 64.6 Å². The molecule has 0 spiro atoms. The van der Waals surface area contributed by atoms with Crippen molar-refractivity contribution in [1.82, 2.24) is 19.8 Å². The van der Waals surface area contributed by atoms with E-state index in [2.05, 4.69) is 38.0 Å². The van der Waals surface area contributed by atoms with E-state index in [1.165, 1.54) is 5.56 Å². The van der Waals surface area contributed by atoms with Gasteiger partial charge in [0.05, 0.1) is 18.9 Å². The first-order valence-corrected chi connectivity index (χ1v) is 8.71. The molecule has 128 valence electrons. The third kappa shape index (κ3) is 5.67. The molecule has 1 fully saturated rings. The highest BCUT2D eigenvalue weighted by molar-refractivity contribution is 5.09. The van der Waals surface area contributed by atoms with Gasteiger partial charge in [-0.3, -0.25) is 19.8 Å². The van der Waals surface area contributed by atoms with Crippen molar-refractivity contribution in [2.24, 2.45) is 0 Å². The van der Waals surface area contributed by atoms with Gasteiger partial charge in [-0.25, -0.2) is 0 Å². The van der Waals surface area contributed by atoms with E-state index in [1.807, 2.05) is 30.7 Å². The maximum atomic E-state index is 5.42. The minimum absolute atomic E-state index is 0.868. The highest BCUT2D eigenvalue weighted by Gasteiger charge is 2.12. The Morgan fingerprint density at radius 3 is 2.71 bits per heavy atom. The van der Waals surface area contributed by atoms with Crippen LogP contribution in [0.2, 0.25) is 0 Å². The van der Waals surface area contributed by atoms with Gasteiger partial charge in [0.25, 0.3) is 0 Å². The molecule has 1 saturated heterocycles. The summed E-state index contributed by atoms with van der Waals surface area (Å²) in [4.78, 5) is 13.7. The summed E-state index contributed by atoms with van der Waals surface area (Å²) in [5, 5.41) is 0. The first-order chi connectivity index (χ1) is 11.9. The van der Waals surface area contributed by atoms with Crippen LogP contribution in [0.4, 0.5) is 0 Å². The second-order valence-electron chi connectivity index (χ2n) is 6.20. The molecule has 2 aromatic rings. The second kappa shape index (κ2) is 9.47. The van der Waals surface area contributed by atoms with Crippen molar-refractivity contribution in [2.45, 2.75) is 19.5 Å². The number of hydrogen-bond donors (Lipinski definition) is 0. The Hall–Kier alpha value is -1.82. The van der Waals surface area contributed by atoms with E-state index < -0.39 is 0 Å². The van der Waals surface area contributed by atoms with Crippen LogP contribution in [0.5, 0.6) is 0 Å². The quantitative estimate of drug-likeness (QED) is 0.744. The Morgan fingerprint density at radius 2 is 1.96 bits per heavy atom. The maximum absolute atomic E-state index is 5.42. The standard InChI is InChI=1S/C19H26N4O/c1-2-8-21-19(6-1)17-23(16-18-5-3-7-20-15-18)10-4-9-22-11-13-24-14-12-22/h1-3,5-8,15H,4,9-14,16-17H2. The molecule has 2 aromatic heterocycles. The number of aromatic nitrogens is 2. The number of pyridine rings is 2. The zero-order chi connectivity index (χ0) is 16.5. The molecule has 24 heavy (non-hydrogen) atoms. The third-order valence-electron chi connectivity index (χ3n) is 4.29. The largest absolute Gasteiger partial charge is 0.379 e. The lowest BCUT2D eigenvalue weighted by molar-refractivity contribution is 0.0358. The molecule has 3 heterocycles. The molecule has 0 saturated carbocycles. The predicted octanol–water partition coefficient (Wildman–Crippen LogP) is 2.20. The van der Waals surface area contributed by atoms with Gasteiger partial charge in [0.2, 0.25) is 0 Å². The molecule has 0 aromatic carbocycles. The number of ether oxygens (including phenoxy) is 1. The van der Waals surface area contributed by atoms with Crippen molar-refractivity contribution < 1.29 is 4.74 Å². The normalized spacial score (nSPS) is 15.7. The molecule has 3 rings (SSSR count). The van der Waals surface area contributed by atoms with Crippen LogP contribution in [-0.2, 0) is 17.8 Å². The first kappa shape index (κ1) is 17.0. The average Bonchev–Trinajstić information content (AvgIpc) is 2.64. The fraction of sp³-hybridized carbons (Fsp3) is 0.474. The molecule has 0 bridgehead atoms. The van der Waals surface area contributed by atoms with Crippen LogP contribution in [0.25, 0.3) is 0 Å². The highest BCUT2D eigenvalue weighted by atomic mass is 16.5. The van der Waals surface area contributed by atoms with E-state index >= 15 is 0 Å². The molecule has 1 aliphatic rings. The van der Waals surface area contributed by atoms with Crippen molar-refractivity contribution >= 4 is 0 Å². The van der Waals surface area contributed by atoms with Gasteiger partial charge in [-0.2, -0.15) is 0 Å². The Morgan fingerprint density at radius 1 is 1.04 bits per heavy atom. The van der Waals surface area contributed by atoms with Crippen LogP contribution < -0.4 is 0 Å². The van der Waals surface area contributed by atoms with E-state index in [9.17, 15) is 0 Å². The number of morpholine rings is 1. The number of nitrogens with zero attached hydrogens (tertiary/aromatic N) is 4. The van der Waals surface area contributed by atoms with Gasteiger partial charge in [0.1, 0.15) is 0 Å². The molecular formula is C19H26N4O. The fourth-order valence-electron chi connectivity index (χ4n) is 3.03. The van der Waals surface area contributed by atoms with Crippen molar-refractivity contribution in [3.05, 3.63) is 60.2 Å². The molecule has 0 radical (unpaired) electrons. The summed E-state index contributed by atoms with van der Waals surface area (Å²) in [5.41, 5.74) is 2.37. The fourth-order valence-corrected chi connectivity index (χ4v) is 3.03. The van der Waals surface area contributed by atoms with E-state index in [1.54, 1.807) is 0 Å². The monoisotopic (exact) mass is 326 g/mol. The average molecular weight is 326 g/mol. The van der Waals surface area contributed by atoms with Crippen molar-refractivity contribution in [1.29, 1.82) is 0 Å². The Kier molecular flexibility index (Phi) is 6.71. The summed E-state index contributed by atoms with van der Waals surface area (Å²) in [6.45, 7) is 7.83. The predicted molar refractivity (Wildman–Crippen MR) is 94.5 cm³/mol. The summed E-state index contributed by atoms with van der Waals surface area (Å²) >= 11 is 0. The molecule has 0 aliphatic carbocycles. The van der Waals surface area contributed by atoms with Crippen LogP contribution in [0.3, 0.4) is 0 Å². The molecule has 5 nitrogen and oxygen atoms in total. The topological polar surface area (TPSA) is 41.5 Å². The lowest BCUT2D eigenvalue weighted by atomic mass is 10.2. The number of hydrogen-bond acceptors (Lipinski definition) is 5. The molecule has 5 heteroatoms. The van der Waals surface area contributed by atoms with Gasteiger partial charge in [-0.1, -0.05) is 12.1 Å². The minimum Gasteiger partial charge on any atom is -0.379 e. The Labute approximate surface area is 144 Å². The Bertz CT molecular complexity index is 531. The van der Waals surface area contributed by atoms with E-state index in [4.69, 9.17) is 4.74 Å². The van der Waals surface area contributed by atoms with Gasteiger partial charge in [0, 0.05) is 51.3 Å². The van der Waals surface area contributed by atoms with E-state index in [0.29, 0.717) is 0 Å². The number of rotatable bonds is 8. The third-order valence-corrected chi connectivity index (χ3v) is 4.29. The van der Waals surface area contributed by atoms with Crippen molar-refractivity contribution in [2.75, 3.05) is 39.4 Å². The maximum Gasteiger partial charge on any atom is 0.0594 e. The summed E-state index contributed by atoms with van der Waals surface area (Å²) < 4.78 is 5.42. The zero-order valence-corrected chi connectivity index (χ0v) is 14.2. The van der Waals surface area contributed by atoms with Gasteiger partial charge in [0.15, 0.2) is 0 Å². The van der Waals surface area contributed by atoms with E-state index in [-0.39, 0.29) is 0 Å². The Balaban J connectivity index is 1.54. The minimum atomic E-state index is 0.868. The van der Waals surface area contributed by atoms with Crippen LogP contribution >= 0.6 is 0 Å². The second-order valence-corrected chi connectivity index (χ2v) is 6.20. The van der Waals surface area contributed by atoms with Gasteiger partial charge in [-0.15, -0.1) is 0 Å². The van der Waals surface area contributed by atoms with Crippen molar-refractivity contribution in [3.63, 3.8) is 0 Å². The molecule has 0 unspecified atom stereocenters. The molecule has 0 atom stereocenters. The van der Waals surface area contributed by atoms with Gasteiger partial charge >= 0.3 is 0 Å². The summed E-state index contributed by atoms with van der Waals surface area (Å²) in [6, 6.07) is 10.3. The smallest absolute Gasteiger partial charge is 0.0594 e. The van der Waals surface area contributed by atoms with Crippen LogP contribution in [0.15, 0.2) is 48.9 Å². The lowest BCUT2D eigenvalue weighted by Crippen LogP contribution is -2.38. The summed E-state index contributed by atoms with van der Waals surface area (Å²) in [6.07, 6.45) is 6.80. The molecule has 0 N–H and O–H groups in total. The summed E-state index contributed by atoms with van der Waals surface area (Å²) in [5.74, 6) is 0. The SMILES string of the molecule is c1ccc(CN(CCCN2CCOCC2)Cc2cccnc2)nc1. The lowest BCUT2D eigenvalue weighted by Gasteiger charge is -2.28. The van der Waals surface area contributed by atoms with Gasteiger partial charge < -0.3 is 4.74 Å². The van der Waals surface area contributed by atoms with Crippen LogP contribution in [0, 0.1) is 0 Å². The van der Waals surface area contributed by atoms with Crippen LogP contribution in [0.1, 0.15) is 17.7 Å². The molecule has 1 aliphatic heterocycles. The molecule has 0 amide bonds. The van der Waals surface area contributed by atoms with Crippen molar-refractivity contribution in [3.8, 4) is 0 Å². The zero-order valence-electron chi connectivity index (χ0n) is 14.2.